The van der Waals surface area contributed by atoms with E-state index in [9.17, 15) is 0 Å². The highest BCUT2D eigenvalue weighted by Crippen LogP contribution is 2.20. The van der Waals surface area contributed by atoms with Crippen LogP contribution in [-0.4, -0.2) is 0 Å². The first-order chi connectivity index (χ1) is 5.59. The van der Waals surface area contributed by atoms with E-state index in [1.165, 1.54) is 5.56 Å². The van der Waals surface area contributed by atoms with Crippen molar-refractivity contribution in [3.05, 3.63) is 28.8 Å². The zero-order chi connectivity index (χ0) is 9.14. The minimum Gasteiger partial charge on any atom is -0.398 e. The smallest absolute Gasteiger partial charge is 0.0635 e. The zero-order valence-corrected chi connectivity index (χ0v) is 8.23. The third-order valence-electron chi connectivity index (χ3n) is 1.70. The fraction of sp³-hybridized carbons (Fsp3) is 0.400. The second-order valence-corrected chi connectivity index (χ2v) is 3.86. The molecule has 1 aromatic rings. The molecule has 0 spiro atoms. The number of rotatable bonds is 2. The molecule has 0 unspecified atom stereocenters. The Morgan fingerprint density at radius 1 is 1.42 bits per heavy atom. The Morgan fingerprint density at radius 3 is 2.58 bits per heavy atom. The lowest BCUT2D eigenvalue weighted by molar-refractivity contribution is 0.647. The topological polar surface area (TPSA) is 26.0 Å². The molecule has 0 aliphatic heterocycles. The van der Waals surface area contributed by atoms with Crippen molar-refractivity contribution in [3.63, 3.8) is 0 Å². The van der Waals surface area contributed by atoms with Crippen LogP contribution in [0.1, 0.15) is 19.4 Å². The van der Waals surface area contributed by atoms with Gasteiger partial charge in [-0.1, -0.05) is 31.5 Å². The molecule has 2 N–H and O–H groups in total. The van der Waals surface area contributed by atoms with Gasteiger partial charge in [-0.3, -0.25) is 0 Å². The van der Waals surface area contributed by atoms with Gasteiger partial charge in [-0.25, -0.2) is 0 Å². The Balaban J connectivity index is 2.82. The molecular formula is C10H14ClN. The summed E-state index contributed by atoms with van der Waals surface area (Å²) >= 11 is 5.79. The van der Waals surface area contributed by atoms with E-state index in [1.807, 2.05) is 18.2 Å². The Morgan fingerprint density at radius 2 is 2.08 bits per heavy atom. The number of nitrogens with two attached hydrogens (primary N) is 1. The number of anilines is 1. The minimum atomic E-state index is 0.641. The van der Waals surface area contributed by atoms with E-state index in [0.717, 1.165) is 6.42 Å². The van der Waals surface area contributed by atoms with Crippen molar-refractivity contribution in [2.75, 3.05) is 5.73 Å². The first kappa shape index (κ1) is 9.40. The van der Waals surface area contributed by atoms with Crippen LogP contribution in [-0.2, 0) is 6.42 Å². The highest BCUT2D eigenvalue weighted by atomic mass is 35.5. The fourth-order valence-electron chi connectivity index (χ4n) is 1.19. The average molecular weight is 184 g/mol. The summed E-state index contributed by atoms with van der Waals surface area (Å²) in [5, 5.41) is 0.641. The van der Waals surface area contributed by atoms with Crippen molar-refractivity contribution in [3.8, 4) is 0 Å². The predicted molar refractivity (Wildman–Crippen MR) is 54.4 cm³/mol. The largest absolute Gasteiger partial charge is 0.398 e. The first-order valence-corrected chi connectivity index (χ1v) is 4.51. The molecule has 1 aromatic carbocycles. The van der Waals surface area contributed by atoms with Gasteiger partial charge in [0.05, 0.1) is 10.7 Å². The highest BCUT2D eigenvalue weighted by Gasteiger charge is 2.00. The van der Waals surface area contributed by atoms with E-state index < -0.39 is 0 Å². The van der Waals surface area contributed by atoms with Crippen LogP contribution < -0.4 is 5.73 Å². The van der Waals surface area contributed by atoms with E-state index in [2.05, 4.69) is 13.8 Å². The van der Waals surface area contributed by atoms with Gasteiger partial charge >= 0.3 is 0 Å². The van der Waals surface area contributed by atoms with Crippen molar-refractivity contribution in [1.82, 2.24) is 0 Å². The van der Waals surface area contributed by atoms with Crippen LogP contribution in [0.5, 0.6) is 0 Å². The SMILES string of the molecule is CC(C)Cc1ccc(Cl)c(N)c1. The lowest BCUT2D eigenvalue weighted by Crippen LogP contribution is -1.95. The normalized spacial score (nSPS) is 10.7. The summed E-state index contributed by atoms with van der Waals surface area (Å²) in [5.74, 6) is 0.658. The van der Waals surface area contributed by atoms with Crippen LogP contribution >= 0.6 is 11.6 Å². The quantitative estimate of drug-likeness (QED) is 0.701. The number of hydrogen-bond donors (Lipinski definition) is 1. The molecule has 0 heterocycles. The van der Waals surface area contributed by atoms with Crippen molar-refractivity contribution >= 4 is 17.3 Å². The summed E-state index contributed by atoms with van der Waals surface area (Å²) in [7, 11) is 0. The second kappa shape index (κ2) is 3.81. The van der Waals surface area contributed by atoms with Crippen LogP contribution in [0.25, 0.3) is 0 Å². The molecule has 0 saturated heterocycles. The Labute approximate surface area is 78.5 Å². The molecule has 12 heavy (non-hydrogen) atoms. The van der Waals surface area contributed by atoms with Crippen molar-refractivity contribution in [1.29, 1.82) is 0 Å². The van der Waals surface area contributed by atoms with Crippen LogP contribution in [0, 0.1) is 5.92 Å². The van der Waals surface area contributed by atoms with Gasteiger partial charge in [0.2, 0.25) is 0 Å². The maximum Gasteiger partial charge on any atom is 0.0635 e. The van der Waals surface area contributed by atoms with Gasteiger partial charge in [0.1, 0.15) is 0 Å². The average Bonchev–Trinajstić information content (AvgIpc) is 1.96. The van der Waals surface area contributed by atoms with Crippen LogP contribution in [0.3, 0.4) is 0 Å². The molecule has 0 bridgehead atoms. The van der Waals surface area contributed by atoms with Gasteiger partial charge in [-0.05, 0) is 30.0 Å². The molecule has 66 valence electrons. The fourth-order valence-corrected chi connectivity index (χ4v) is 1.31. The summed E-state index contributed by atoms with van der Waals surface area (Å²) in [6, 6.07) is 5.83. The van der Waals surface area contributed by atoms with Crippen molar-refractivity contribution in [2.24, 2.45) is 5.92 Å². The molecule has 0 radical (unpaired) electrons. The van der Waals surface area contributed by atoms with Gasteiger partial charge < -0.3 is 5.73 Å². The monoisotopic (exact) mass is 183 g/mol. The van der Waals surface area contributed by atoms with E-state index in [4.69, 9.17) is 17.3 Å². The molecule has 1 rings (SSSR count). The van der Waals surface area contributed by atoms with E-state index in [0.29, 0.717) is 16.6 Å². The maximum atomic E-state index is 5.79. The van der Waals surface area contributed by atoms with Crippen LogP contribution in [0.2, 0.25) is 5.02 Å². The molecular weight excluding hydrogens is 170 g/mol. The lowest BCUT2D eigenvalue weighted by atomic mass is 10.0. The van der Waals surface area contributed by atoms with E-state index >= 15 is 0 Å². The molecule has 0 amide bonds. The zero-order valence-electron chi connectivity index (χ0n) is 7.47. The third-order valence-corrected chi connectivity index (χ3v) is 2.05. The summed E-state index contributed by atoms with van der Waals surface area (Å²) in [4.78, 5) is 0. The van der Waals surface area contributed by atoms with Crippen molar-refractivity contribution in [2.45, 2.75) is 20.3 Å². The van der Waals surface area contributed by atoms with E-state index in [-0.39, 0.29) is 0 Å². The van der Waals surface area contributed by atoms with Crippen LogP contribution in [0.4, 0.5) is 5.69 Å². The molecule has 2 heteroatoms. The standard InChI is InChI=1S/C10H14ClN/c1-7(2)5-8-3-4-9(11)10(12)6-8/h3-4,6-7H,5,12H2,1-2H3. The van der Waals surface area contributed by atoms with Gasteiger partial charge in [0.15, 0.2) is 0 Å². The van der Waals surface area contributed by atoms with Crippen LogP contribution in [0.15, 0.2) is 18.2 Å². The summed E-state index contributed by atoms with van der Waals surface area (Å²) in [6.07, 6.45) is 1.06. The van der Waals surface area contributed by atoms with E-state index in [1.54, 1.807) is 0 Å². The van der Waals surface area contributed by atoms with Gasteiger partial charge in [0.25, 0.3) is 0 Å². The maximum absolute atomic E-state index is 5.79. The Hall–Kier alpha value is -0.690. The first-order valence-electron chi connectivity index (χ1n) is 4.13. The molecule has 0 aliphatic carbocycles. The summed E-state index contributed by atoms with van der Waals surface area (Å²) in [5.41, 5.74) is 7.60. The Kier molecular flexibility index (Phi) is 2.99. The summed E-state index contributed by atoms with van der Waals surface area (Å²) in [6.45, 7) is 4.37. The molecule has 0 atom stereocenters. The van der Waals surface area contributed by atoms with Gasteiger partial charge in [-0.15, -0.1) is 0 Å². The number of hydrogen-bond acceptors (Lipinski definition) is 1. The molecule has 0 saturated carbocycles. The summed E-state index contributed by atoms with van der Waals surface area (Å²) < 4.78 is 0. The number of benzene rings is 1. The second-order valence-electron chi connectivity index (χ2n) is 3.45. The lowest BCUT2D eigenvalue weighted by Gasteiger charge is -2.06. The molecule has 0 aromatic heterocycles. The molecule has 0 fully saturated rings. The molecule has 0 aliphatic rings. The molecule has 1 nitrogen and oxygen atoms in total. The van der Waals surface area contributed by atoms with Gasteiger partial charge in [-0.2, -0.15) is 0 Å². The number of halogens is 1. The van der Waals surface area contributed by atoms with Gasteiger partial charge in [0, 0.05) is 0 Å². The predicted octanol–water partition coefficient (Wildman–Crippen LogP) is 3.12. The Bertz CT molecular complexity index is 269. The third kappa shape index (κ3) is 2.42. The minimum absolute atomic E-state index is 0.641. The van der Waals surface area contributed by atoms with Crippen molar-refractivity contribution < 1.29 is 0 Å². The highest BCUT2D eigenvalue weighted by molar-refractivity contribution is 6.33. The number of nitrogen functional groups attached to an aromatic ring is 1.